The van der Waals surface area contributed by atoms with Crippen LogP contribution in [0.15, 0.2) is 18.2 Å². The molecule has 1 aromatic rings. The van der Waals surface area contributed by atoms with Crippen molar-refractivity contribution in [1.82, 2.24) is 9.21 Å². The number of rotatable bonds is 4. The largest absolute Gasteiger partial charge is 0.298 e. The Morgan fingerprint density at radius 3 is 2.38 bits per heavy atom. The topological polar surface area (TPSA) is 40.6 Å². The molecule has 1 heterocycles. The summed E-state index contributed by atoms with van der Waals surface area (Å²) in [7, 11) is -3.50. The number of hydrogen-bond donors (Lipinski definition) is 0. The number of halogens is 2. The van der Waals surface area contributed by atoms with Crippen LogP contribution in [0.3, 0.4) is 0 Å². The lowest BCUT2D eigenvalue weighted by atomic mass is 9.94. The first kappa shape index (κ1) is 18.1. The second-order valence-electron chi connectivity index (χ2n) is 6.72. The minimum atomic E-state index is -3.50. The zero-order valence-corrected chi connectivity index (χ0v) is 15.3. The molecule has 1 saturated heterocycles. The Bertz CT molecular complexity index is 669. The van der Waals surface area contributed by atoms with Gasteiger partial charge in [0.2, 0.25) is 10.0 Å². The van der Waals surface area contributed by atoms with Gasteiger partial charge in [0.15, 0.2) is 0 Å². The molecule has 0 amide bonds. The fraction of sp³-hybridized carbons (Fsp3) is 0.647. The van der Waals surface area contributed by atoms with Gasteiger partial charge >= 0.3 is 0 Å². The first-order valence-electron chi connectivity index (χ1n) is 8.61. The van der Waals surface area contributed by atoms with Crippen LogP contribution in [0, 0.1) is 5.82 Å². The van der Waals surface area contributed by atoms with Crippen molar-refractivity contribution in [3.63, 3.8) is 0 Å². The Morgan fingerprint density at radius 1 is 1.08 bits per heavy atom. The molecule has 0 aromatic heterocycles. The summed E-state index contributed by atoms with van der Waals surface area (Å²) < 4.78 is 40.5. The van der Waals surface area contributed by atoms with Crippen molar-refractivity contribution in [3.8, 4) is 0 Å². The van der Waals surface area contributed by atoms with Gasteiger partial charge in [0.1, 0.15) is 5.82 Å². The third kappa shape index (κ3) is 4.28. The van der Waals surface area contributed by atoms with E-state index in [1.54, 1.807) is 0 Å². The number of nitrogens with zero attached hydrogens (tertiary/aromatic N) is 2. The fourth-order valence-electron chi connectivity index (χ4n) is 3.72. The van der Waals surface area contributed by atoms with Gasteiger partial charge in [-0.3, -0.25) is 4.90 Å². The molecule has 0 radical (unpaired) electrons. The van der Waals surface area contributed by atoms with Crippen LogP contribution in [-0.4, -0.2) is 49.8 Å². The Hall–Kier alpha value is -0.690. The number of hydrogen-bond acceptors (Lipinski definition) is 3. The molecule has 0 spiro atoms. The molecule has 2 fully saturated rings. The maximum atomic E-state index is 13.9. The average molecular weight is 375 g/mol. The van der Waals surface area contributed by atoms with Gasteiger partial charge in [-0.1, -0.05) is 36.9 Å². The van der Waals surface area contributed by atoms with Gasteiger partial charge in [-0.2, -0.15) is 4.31 Å². The summed E-state index contributed by atoms with van der Waals surface area (Å²) >= 11 is 5.72. The van der Waals surface area contributed by atoms with Crippen LogP contribution in [0.25, 0.3) is 0 Å². The van der Waals surface area contributed by atoms with E-state index in [0.29, 0.717) is 19.1 Å². The molecule has 1 aromatic carbocycles. The lowest BCUT2D eigenvalue weighted by Gasteiger charge is -2.40. The maximum absolute atomic E-state index is 13.9. The Labute approximate surface area is 148 Å². The SMILES string of the molecule is O=S(=O)(Cc1ccc(Cl)cc1F)N1CCN(C2CCCCC2)CC1. The van der Waals surface area contributed by atoms with Crippen LogP contribution < -0.4 is 0 Å². The van der Waals surface area contributed by atoms with E-state index in [-0.39, 0.29) is 16.3 Å². The van der Waals surface area contributed by atoms with E-state index in [9.17, 15) is 12.8 Å². The van der Waals surface area contributed by atoms with Crippen molar-refractivity contribution < 1.29 is 12.8 Å². The minimum Gasteiger partial charge on any atom is -0.298 e. The number of piperazine rings is 1. The first-order valence-corrected chi connectivity index (χ1v) is 10.6. The van der Waals surface area contributed by atoms with Crippen LogP contribution in [0.4, 0.5) is 4.39 Å². The van der Waals surface area contributed by atoms with Crippen LogP contribution in [-0.2, 0) is 15.8 Å². The van der Waals surface area contributed by atoms with Crippen molar-refractivity contribution in [3.05, 3.63) is 34.6 Å². The quantitative estimate of drug-likeness (QED) is 0.812. The van der Waals surface area contributed by atoms with E-state index in [1.165, 1.54) is 48.5 Å². The summed E-state index contributed by atoms with van der Waals surface area (Å²) in [6.45, 7) is 2.53. The van der Waals surface area contributed by atoms with E-state index in [1.807, 2.05) is 0 Å². The van der Waals surface area contributed by atoms with Gasteiger partial charge in [0.05, 0.1) is 5.75 Å². The molecule has 24 heavy (non-hydrogen) atoms. The normalized spacial score (nSPS) is 21.9. The summed E-state index contributed by atoms with van der Waals surface area (Å²) in [6.07, 6.45) is 6.32. The van der Waals surface area contributed by atoms with Gasteiger partial charge in [0, 0.05) is 42.8 Å². The predicted molar refractivity (Wildman–Crippen MR) is 94.1 cm³/mol. The van der Waals surface area contributed by atoms with E-state index in [0.717, 1.165) is 19.2 Å². The fourth-order valence-corrected chi connectivity index (χ4v) is 5.41. The molecular formula is C17H24ClFN2O2S. The lowest BCUT2D eigenvalue weighted by Crippen LogP contribution is -2.52. The van der Waals surface area contributed by atoms with Crippen molar-refractivity contribution in [1.29, 1.82) is 0 Å². The molecule has 1 saturated carbocycles. The van der Waals surface area contributed by atoms with Crippen LogP contribution in [0.1, 0.15) is 37.7 Å². The van der Waals surface area contributed by atoms with E-state index < -0.39 is 15.8 Å². The number of benzene rings is 1. The summed E-state index contributed by atoms with van der Waals surface area (Å²) in [5.41, 5.74) is 0.175. The molecule has 1 aliphatic carbocycles. The minimum absolute atomic E-state index is 0.175. The summed E-state index contributed by atoms with van der Waals surface area (Å²) in [5, 5.41) is 0.273. The molecule has 0 unspecified atom stereocenters. The maximum Gasteiger partial charge on any atom is 0.218 e. The zero-order valence-electron chi connectivity index (χ0n) is 13.8. The van der Waals surface area contributed by atoms with Gasteiger partial charge in [0.25, 0.3) is 0 Å². The molecule has 0 N–H and O–H groups in total. The van der Waals surface area contributed by atoms with Crippen LogP contribution >= 0.6 is 11.6 Å². The highest BCUT2D eigenvalue weighted by Crippen LogP contribution is 2.25. The van der Waals surface area contributed by atoms with E-state index in [2.05, 4.69) is 4.90 Å². The molecule has 134 valence electrons. The van der Waals surface area contributed by atoms with Gasteiger partial charge in [-0.05, 0) is 25.0 Å². The highest BCUT2D eigenvalue weighted by molar-refractivity contribution is 7.88. The van der Waals surface area contributed by atoms with Crippen LogP contribution in [0.5, 0.6) is 0 Å². The molecule has 4 nitrogen and oxygen atoms in total. The smallest absolute Gasteiger partial charge is 0.218 e. The molecule has 1 aliphatic heterocycles. The molecule has 3 rings (SSSR count). The highest BCUT2D eigenvalue weighted by Gasteiger charge is 2.31. The third-order valence-electron chi connectivity index (χ3n) is 5.11. The van der Waals surface area contributed by atoms with Crippen molar-refractivity contribution in [2.24, 2.45) is 0 Å². The number of sulfonamides is 1. The average Bonchev–Trinajstić information content (AvgIpc) is 2.58. The van der Waals surface area contributed by atoms with Gasteiger partial charge in [-0.25, -0.2) is 12.8 Å². The standard InChI is InChI=1S/C17H24ClFN2O2S/c18-15-7-6-14(17(19)12-15)13-24(22,23)21-10-8-20(9-11-21)16-4-2-1-3-5-16/h6-7,12,16H,1-5,8-11,13H2. The third-order valence-corrected chi connectivity index (χ3v) is 7.17. The zero-order chi connectivity index (χ0) is 17.2. The van der Waals surface area contributed by atoms with E-state index in [4.69, 9.17) is 11.6 Å². The lowest BCUT2D eigenvalue weighted by molar-refractivity contribution is 0.111. The predicted octanol–water partition coefficient (Wildman–Crippen LogP) is 3.26. The molecule has 2 aliphatic rings. The van der Waals surface area contributed by atoms with Gasteiger partial charge in [-0.15, -0.1) is 0 Å². The van der Waals surface area contributed by atoms with Crippen LogP contribution in [0.2, 0.25) is 5.02 Å². The van der Waals surface area contributed by atoms with E-state index >= 15 is 0 Å². The summed E-state index contributed by atoms with van der Waals surface area (Å²) in [5.74, 6) is -0.869. The summed E-state index contributed by atoms with van der Waals surface area (Å²) in [4.78, 5) is 2.42. The Morgan fingerprint density at radius 2 is 1.75 bits per heavy atom. The second-order valence-corrected chi connectivity index (χ2v) is 9.12. The Balaban J connectivity index is 1.60. The molecule has 0 atom stereocenters. The second kappa shape index (κ2) is 7.68. The highest BCUT2D eigenvalue weighted by atomic mass is 35.5. The van der Waals surface area contributed by atoms with Crippen molar-refractivity contribution in [2.45, 2.75) is 43.9 Å². The molecule has 0 bridgehead atoms. The molecular weight excluding hydrogens is 351 g/mol. The van der Waals surface area contributed by atoms with Crippen molar-refractivity contribution in [2.75, 3.05) is 26.2 Å². The molecule has 7 heteroatoms. The van der Waals surface area contributed by atoms with Crippen molar-refractivity contribution >= 4 is 21.6 Å². The summed E-state index contributed by atoms with van der Waals surface area (Å²) in [6, 6.07) is 4.74. The first-order chi connectivity index (χ1) is 11.5. The monoisotopic (exact) mass is 374 g/mol. The van der Waals surface area contributed by atoms with Gasteiger partial charge < -0.3 is 0 Å². The Kier molecular flexibility index (Phi) is 5.80.